The van der Waals surface area contributed by atoms with Gasteiger partial charge in [0.2, 0.25) is 10.0 Å². The first-order valence-electron chi connectivity index (χ1n) is 13.6. The van der Waals surface area contributed by atoms with Crippen LogP contribution in [0.25, 0.3) is 10.9 Å². The Kier molecular flexibility index (Phi) is 6.47. The summed E-state index contributed by atoms with van der Waals surface area (Å²) in [6, 6.07) is 9.14. The standard InChI is InChI=1S/C28H32N6O4S/c1-17(35)18-6-9-22(10-7-18)33-16-20-14-21(8-11-25(20)39(33,37)38)31-27-26-24(12-13-30-28(26)36)34(32-27)23-5-3-2-4-19(23)15-29/h8,11-14,18-19,22-23,35H,1-7,9-10,16H2,(H,30,36)(H,31,32)/t18-,19-,22-,23+/m1/s1. The van der Waals surface area contributed by atoms with Crippen molar-refractivity contribution in [1.29, 1.82) is 5.26 Å². The average Bonchev–Trinajstić information content (AvgIpc) is 3.43. The highest BCUT2D eigenvalue weighted by Crippen LogP contribution is 2.40. The molecular formula is C28H32N6O4S. The second-order valence-electron chi connectivity index (χ2n) is 10.9. The Hall–Kier alpha value is -3.62. The van der Waals surface area contributed by atoms with Gasteiger partial charge in [-0.05, 0) is 68.4 Å². The maximum Gasteiger partial charge on any atom is 0.261 e. The van der Waals surface area contributed by atoms with Gasteiger partial charge < -0.3 is 15.4 Å². The summed E-state index contributed by atoms with van der Waals surface area (Å²) in [5.41, 5.74) is 1.73. The molecule has 11 heteroatoms. The molecule has 3 N–H and O–H groups in total. The number of allylic oxidation sites excluding steroid dienone is 1. The summed E-state index contributed by atoms with van der Waals surface area (Å²) < 4.78 is 30.2. The number of nitriles is 1. The van der Waals surface area contributed by atoms with Gasteiger partial charge in [0.15, 0.2) is 5.82 Å². The highest BCUT2D eigenvalue weighted by molar-refractivity contribution is 7.89. The van der Waals surface area contributed by atoms with E-state index in [0.717, 1.165) is 25.7 Å². The molecule has 2 fully saturated rings. The molecule has 0 unspecified atom stereocenters. The summed E-state index contributed by atoms with van der Waals surface area (Å²) in [6.45, 7) is 3.92. The van der Waals surface area contributed by atoms with Crippen LogP contribution < -0.4 is 10.9 Å². The van der Waals surface area contributed by atoms with Gasteiger partial charge in [-0.15, -0.1) is 0 Å². The first-order chi connectivity index (χ1) is 18.8. The number of fused-ring (bicyclic) bond motifs is 2. The molecule has 2 atom stereocenters. The van der Waals surface area contributed by atoms with Crippen molar-refractivity contribution < 1.29 is 13.5 Å². The van der Waals surface area contributed by atoms with Crippen molar-refractivity contribution in [3.63, 3.8) is 0 Å². The number of anilines is 2. The number of H-pyrrole nitrogens is 1. The van der Waals surface area contributed by atoms with Gasteiger partial charge in [-0.3, -0.25) is 9.48 Å². The summed E-state index contributed by atoms with van der Waals surface area (Å²) >= 11 is 0. The number of aromatic nitrogens is 3. The average molecular weight is 549 g/mol. The molecule has 0 amide bonds. The van der Waals surface area contributed by atoms with Gasteiger partial charge in [0.1, 0.15) is 5.39 Å². The summed E-state index contributed by atoms with van der Waals surface area (Å²) in [6.07, 6.45) is 8.02. The molecule has 1 aliphatic heterocycles. The zero-order valence-electron chi connectivity index (χ0n) is 21.6. The number of aromatic amines is 1. The predicted molar refractivity (Wildman–Crippen MR) is 147 cm³/mol. The number of nitrogens with zero attached hydrogens (tertiary/aromatic N) is 4. The first-order valence-corrected chi connectivity index (χ1v) is 15.0. The van der Waals surface area contributed by atoms with E-state index in [2.05, 4.69) is 22.9 Å². The van der Waals surface area contributed by atoms with Gasteiger partial charge in [-0.2, -0.15) is 14.7 Å². The number of aliphatic hydroxyl groups excluding tert-OH is 1. The molecule has 3 heterocycles. The third-order valence-electron chi connectivity index (χ3n) is 8.65. The van der Waals surface area contributed by atoms with Crippen LogP contribution in [0.4, 0.5) is 11.5 Å². The first kappa shape index (κ1) is 25.6. The van der Waals surface area contributed by atoms with Crippen LogP contribution in [0, 0.1) is 23.2 Å². The number of benzene rings is 1. The van der Waals surface area contributed by atoms with Gasteiger partial charge in [-0.25, -0.2) is 8.42 Å². The number of hydrogen-bond donors (Lipinski definition) is 3. The molecule has 1 aromatic carbocycles. The van der Waals surface area contributed by atoms with Crippen molar-refractivity contribution in [2.24, 2.45) is 11.8 Å². The van der Waals surface area contributed by atoms with E-state index >= 15 is 0 Å². The number of sulfonamides is 1. The topological polar surface area (TPSA) is 144 Å². The number of pyridine rings is 1. The van der Waals surface area contributed by atoms with E-state index in [4.69, 9.17) is 5.10 Å². The van der Waals surface area contributed by atoms with Crippen LogP contribution in [0.15, 0.2) is 52.5 Å². The number of rotatable bonds is 5. The summed E-state index contributed by atoms with van der Waals surface area (Å²) in [7, 11) is -3.62. The molecule has 0 radical (unpaired) electrons. The molecule has 3 aliphatic rings. The SMILES string of the molecule is C=C(O)[C@H]1CC[C@H](N2Cc3cc(Nc4nn([C@H]5CCCC[C@@H]5C#N)c5cc[nH]c(=O)c45)ccc3S2(=O)=O)CC1. The quantitative estimate of drug-likeness (QED) is 0.386. The molecule has 2 aliphatic carbocycles. The van der Waals surface area contributed by atoms with E-state index in [0.29, 0.717) is 58.6 Å². The Morgan fingerprint density at radius 3 is 2.67 bits per heavy atom. The summed E-state index contributed by atoms with van der Waals surface area (Å²) in [5.74, 6) is 0.418. The van der Waals surface area contributed by atoms with Gasteiger partial charge in [0.25, 0.3) is 5.56 Å². The maximum absolute atomic E-state index is 13.4. The fraction of sp³-hybridized carbons (Fsp3) is 0.464. The third-order valence-corrected chi connectivity index (χ3v) is 10.6. The lowest BCUT2D eigenvalue weighted by Gasteiger charge is -2.33. The van der Waals surface area contributed by atoms with Crippen LogP contribution in [-0.4, -0.2) is 38.6 Å². The minimum atomic E-state index is -3.62. The Bertz CT molecular complexity index is 1640. The predicted octanol–water partition coefficient (Wildman–Crippen LogP) is 4.86. The van der Waals surface area contributed by atoms with E-state index in [1.165, 1.54) is 0 Å². The Balaban J connectivity index is 1.30. The van der Waals surface area contributed by atoms with Crippen LogP contribution in [-0.2, 0) is 16.6 Å². The maximum atomic E-state index is 13.4. The lowest BCUT2D eigenvalue weighted by Crippen LogP contribution is -2.38. The Morgan fingerprint density at radius 1 is 1.15 bits per heavy atom. The van der Waals surface area contributed by atoms with E-state index in [1.54, 1.807) is 22.6 Å². The monoisotopic (exact) mass is 548 g/mol. The van der Waals surface area contributed by atoms with E-state index in [-0.39, 0.29) is 41.8 Å². The highest BCUT2D eigenvalue weighted by atomic mass is 32.2. The van der Waals surface area contributed by atoms with Crippen LogP contribution in [0.5, 0.6) is 0 Å². The van der Waals surface area contributed by atoms with Gasteiger partial charge in [-0.1, -0.05) is 19.4 Å². The summed E-state index contributed by atoms with van der Waals surface area (Å²) in [5, 5.41) is 27.9. The molecule has 2 aromatic heterocycles. The Morgan fingerprint density at radius 2 is 1.92 bits per heavy atom. The molecule has 6 rings (SSSR count). The van der Waals surface area contributed by atoms with Crippen molar-refractivity contribution in [3.05, 3.63) is 58.7 Å². The van der Waals surface area contributed by atoms with Crippen LogP contribution in [0.1, 0.15) is 63.0 Å². The van der Waals surface area contributed by atoms with Crippen LogP contribution in [0.3, 0.4) is 0 Å². The van der Waals surface area contributed by atoms with Crippen LogP contribution >= 0.6 is 0 Å². The lowest BCUT2D eigenvalue weighted by molar-refractivity contribution is 0.200. The molecule has 10 nitrogen and oxygen atoms in total. The second-order valence-corrected chi connectivity index (χ2v) is 12.8. The second kappa shape index (κ2) is 9.84. The zero-order chi connectivity index (χ0) is 27.3. The van der Waals surface area contributed by atoms with Gasteiger partial charge in [0.05, 0.1) is 34.2 Å². The van der Waals surface area contributed by atoms with Crippen molar-refractivity contribution in [3.8, 4) is 6.07 Å². The van der Waals surface area contributed by atoms with E-state index < -0.39 is 10.0 Å². The van der Waals surface area contributed by atoms with E-state index in [9.17, 15) is 23.6 Å². The fourth-order valence-corrected chi connectivity index (χ4v) is 8.42. The summed E-state index contributed by atoms with van der Waals surface area (Å²) in [4.78, 5) is 15.9. The molecule has 0 bridgehead atoms. The van der Waals surface area contributed by atoms with Crippen molar-refractivity contribution in [1.82, 2.24) is 19.1 Å². The molecule has 0 saturated heterocycles. The smallest absolute Gasteiger partial charge is 0.261 e. The van der Waals surface area contributed by atoms with Crippen LogP contribution in [0.2, 0.25) is 0 Å². The Labute approximate surface area is 227 Å². The van der Waals surface area contributed by atoms with Crippen molar-refractivity contribution in [2.75, 3.05) is 5.32 Å². The number of nitrogens with one attached hydrogen (secondary N) is 2. The van der Waals surface area contributed by atoms with Crippen molar-refractivity contribution >= 4 is 32.4 Å². The molecule has 2 saturated carbocycles. The number of hydrogen-bond acceptors (Lipinski definition) is 7. The van der Waals surface area contributed by atoms with E-state index in [1.807, 2.05) is 16.8 Å². The lowest BCUT2D eigenvalue weighted by atomic mass is 9.85. The fourth-order valence-electron chi connectivity index (χ4n) is 6.57. The normalized spacial score (nSPS) is 26.6. The molecular weight excluding hydrogens is 516 g/mol. The molecule has 0 spiro atoms. The van der Waals surface area contributed by atoms with Crippen molar-refractivity contribution in [2.45, 2.75) is 74.9 Å². The molecule has 39 heavy (non-hydrogen) atoms. The number of aliphatic hydroxyl groups is 1. The minimum absolute atomic E-state index is 0.0274. The third kappa shape index (κ3) is 4.41. The molecule has 204 valence electrons. The largest absolute Gasteiger partial charge is 0.513 e. The zero-order valence-corrected chi connectivity index (χ0v) is 22.5. The highest BCUT2D eigenvalue weighted by Gasteiger charge is 2.41. The molecule has 3 aromatic rings. The minimum Gasteiger partial charge on any atom is -0.513 e. The van der Waals surface area contributed by atoms with Gasteiger partial charge in [0, 0.05) is 30.4 Å². The van der Waals surface area contributed by atoms with Gasteiger partial charge >= 0.3 is 0 Å².